The fourth-order valence-electron chi connectivity index (χ4n) is 0. The Kier molecular flexibility index (Phi) is 147. The van der Waals surface area contributed by atoms with E-state index < -0.39 is 30.8 Å². The minimum Gasteiger partial charge on any atom is -0.652 e. The van der Waals surface area contributed by atoms with Crippen molar-refractivity contribution >= 4 is 30.8 Å². The second kappa shape index (κ2) is 56.8. The smallest absolute Gasteiger partial charge is 0.652 e. The fraction of sp³-hybridized carbons (Fsp3) is 0. The van der Waals surface area contributed by atoms with Crippen molar-refractivity contribution < 1.29 is 160 Å². The zero-order valence-electron chi connectivity index (χ0n) is 10.4. The number of carbonyl (C=O) groups is 5. The molecule has 0 saturated heterocycles. The molecule has 0 aromatic rings. The molecule has 0 aromatic heterocycles. The Bertz CT molecular complexity index is 219. The normalized spacial score (nSPS) is 4.80. The molecule has 0 aliphatic carbocycles. The third-order valence-corrected chi connectivity index (χ3v) is 0. The molecule has 0 saturated carbocycles. The molecule has 0 aromatic carbocycles. The van der Waals surface area contributed by atoms with Gasteiger partial charge in [-0.05, 0) is 30.8 Å². The van der Waals surface area contributed by atoms with Gasteiger partial charge in [0.1, 0.15) is 0 Å². The number of carboxylic acid groups (broad SMARTS) is 10. The Morgan fingerprint density at radius 3 is 0.280 bits per heavy atom. The van der Waals surface area contributed by atoms with E-state index in [9.17, 15) is 0 Å². The molecule has 0 aliphatic rings. The van der Waals surface area contributed by atoms with Crippen molar-refractivity contribution in [1.29, 1.82) is 0 Å². The molecule has 0 bridgehead atoms. The first-order chi connectivity index (χ1) is 8.66. The Morgan fingerprint density at radius 1 is 0.280 bits per heavy atom. The minimum absolute atomic E-state index is 0. The molecule has 150 valence electrons. The summed E-state index contributed by atoms with van der Waals surface area (Å²) < 4.78 is 0. The summed E-state index contributed by atoms with van der Waals surface area (Å²) in [4.78, 5) is 41.7. The molecular weight excluding hydrogens is 579 g/mol. The Morgan fingerprint density at radius 2 is 0.280 bits per heavy atom. The number of rotatable bonds is 0. The van der Waals surface area contributed by atoms with E-state index in [4.69, 9.17) is 75.0 Å². The molecular formula is C5Fe5O15. The van der Waals surface area contributed by atoms with Crippen LogP contribution in [0.1, 0.15) is 0 Å². The Labute approximate surface area is 190 Å². The van der Waals surface area contributed by atoms with Crippen LogP contribution in [0.3, 0.4) is 0 Å². The van der Waals surface area contributed by atoms with Crippen LogP contribution < -0.4 is 51.1 Å². The van der Waals surface area contributed by atoms with Gasteiger partial charge in [-0.3, -0.25) is 0 Å². The van der Waals surface area contributed by atoms with Gasteiger partial charge in [-0.1, -0.05) is 0 Å². The molecule has 20 heteroatoms. The van der Waals surface area contributed by atoms with E-state index >= 15 is 0 Å². The summed E-state index contributed by atoms with van der Waals surface area (Å²) >= 11 is 0. The van der Waals surface area contributed by atoms with Gasteiger partial charge in [0, 0.05) is 0 Å². The molecule has 0 N–H and O–H groups in total. The molecule has 0 radical (unpaired) electrons. The Balaban J connectivity index is -0.0000000134. The van der Waals surface area contributed by atoms with Crippen LogP contribution in [0.15, 0.2) is 0 Å². The van der Waals surface area contributed by atoms with Crippen LogP contribution in [0.4, 0.5) is 24.0 Å². The SMILES string of the molecule is O=C([O-])[O-].O=C([O-])[O-].O=C([O-])[O-].O=C([O-])[O-].O=C([O-])[O-].[Fe+2].[Fe+2].[Fe+2].[Fe+2].[Fe+2]. The van der Waals surface area contributed by atoms with Crippen LogP contribution in [-0.4, -0.2) is 30.8 Å². The molecule has 0 aliphatic heterocycles. The third kappa shape index (κ3) is 9090. The van der Waals surface area contributed by atoms with Gasteiger partial charge in [0.2, 0.25) is 0 Å². The van der Waals surface area contributed by atoms with Gasteiger partial charge in [0.15, 0.2) is 0 Å². The first kappa shape index (κ1) is 64.8. The average Bonchev–Trinajstić information content (AvgIpc) is 1.94. The number of hydrogen-bond acceptors (Lipinski definition) is 15. The van der Waals surface area contributed by atoms with E-state index in [1.807, 2.05) is 0 Å². The van der Waals surface area contributed by atoms with Crippen LogP contribution in [0.5, 0.6) is 0 Å². The molecule has 0 unspecified atom stereocenters. The molecule has 0 rings (SSSR count). The van der Waals surface area contributed by atoms with Crippen LogP contribution in [0.25, 0.3) is 0 Å². The van der Waals surface area contributed by atoms with Crippen LogP contribution in [-0.2, 0) is 85.3 Å². The van der Waals surface area contributed by atoms with Crippen molar-refractivity contribution in [3.63, 3.8) is 0 Å². The van der Waals surface area contributed by atoms with Gasteiger partial charge in [0.05, 0.1) is 0 Å². The van der Waals surface area contributed by atoms with Crippen molar-refractivity contribution in [2.45, 2.75) is 0 Å². The van der Waals surface area contributed by atoms with E-state index in [-0.39, 0.29) is 85.3 Å². The monoisotopic (exact) mass is 580 g/mol. The van der Waals surface area contributed by atoms with Crippen LogP contribution in [0, 0.1) is 0 Å². The summed E-state index contributed by atoms with van der Waals surface area (Å²) in [5.74, 6) is 0. The van der Waals surface area contributed by atoms with Gasteiger partial charge in [-0.25, -0.2) is 0 Å². The first-order valence-corrected chi connectivity index (χ1v) is 3.06. The predicted octanol–water partition coefficient (Wildman–Crippen LogP) is -12.2. The third-order valence-electron chi connectivity index (χ3n) is 0. The van der Waals surface area contributed by atoms with Gasteiger partial charge < -0.3 is 75.0 Å². The van der Waals surface area contributed by atoms with Gasteiger partial charge in [-0.15, -0.1) is 0 Å². The maximum absolute atomic E-state index is 8.33. The van der Waals surface area contributed by atoms with E-state index in [1.54, 1.807) is 0 Å². The van der Waals surface area contributed by atoms with E-state index in [1.165, 1.54) is 0 Å². The van der Waals surface area contributed by atoms with Crippen molar-refractivity contribution in [1.82, 2.24) is 0 Å². The summed E-state index contributed by atoms with van der Waals surface area (Å²) in [5, 5.41) is 83.3. The molecule has 0 heterocycles. The molecule has 15 nitrogen and oxygen atoms in total. The van der Waals surface area contributed by atoms with Gasteiger partial charge in [0.25, 0.3) is 0 Å². The van der Waals surface area contributed by atoms with Crippen LogP contribution >= 0.6 is 0 Å². The second-order valence-electron chi connectivity index (χ2n) is 1.25. The van der Waals surface area contributed by atoms with Crippen molar-refractivity contribution in [3.8, 4) is 0 Å². The van der Waals surface area contributed by atoms with Gasteiger partial charge >= 0.3 is 85.3 Å². The van der Waals surface area contributed by atoms with Crippen molar-refractivity contribution in [2.75, 3.05) is 0 Å². The van der Waals surface area contributed by atoms with Crippen molar-refractivity contribution in [2.24, 2.45) is 0 Å². The largest absolute Gasteiger partial charge is 2.00 e. The molecule has 0 spiro atoms. The average molecular weight is 579 g/mol. The second-order valence-corrected chi connectivity index (χ2v) is 1.25. The standard InChI is InChI=1S/5CH2O3.5Fe/c5*2-1(3)4;;;;;/h5*(H2,2,3,4);;;;;/q;;;;;5*+2/p-10. The van der Waals surface area contributed by atoms with E-state index in [0.717, 1.165) is 0 Å². The predicted molar refractivity (Wildman–Crippen MR) is 27.0 cm³/mol. The van der Waals surface area contributed by atoms with Crippen LogP contribution in [0.2, 0.25) is 0 Å². The zero-order chi connectivity index (χ0) is 17.9. The number of hydrogen-bond donors (Lipinski definition) is 0. The molecule has 25 heavy (non-hydrogen) atoms. The summed E-state index contributed by atoms with van der Waals surface area (Å²) in [6, 6.07) is 0. The summed E-state index contributed by atoms with van der Waals surface area (Å²) in [6.45, 7) is 0. The minimum atomic E-state index is -2.33. The Hall–Kier alpha value is -1.05. The zero-order valence-corrected chi connectivity index (χ0v) is 15.9. The van der Waals surface area contributed by atoms with Crippen molar-refractivity contribution in [3.05, 3.63) is 0 Å². The van der Waals surface area contributed by atoms with E-state index in [2.05, 4.69) is 0 Å². The summed E-state index contributed by atoms with van der Waals surface area (Å²) in [6.07, 6.45) is -11.7. The molecule has 0 amide bonds. The molecule has 0 fully saturated rings. The van der Waals surface area contributed by atoms with E-state index in [0.29, 0.717) is 0 Å². The summed E-state index contributed by atoms with van der Waals surface area (Å²) in [7, 11) is 0. The maximum Gasteiger partial charge on any atom is 2.00 e. The fourth-order valence-corrected chi connectivity index (χ4v) is 0. The maximum atomic E-state index is 8.33. The van der Waals surface area contributed by atoms with Gasteiger partial charge in [-0.2, -0.15) is 0 Å². The number of carbonyl (C=O) groups excluding carboxylic acids is 5. The quantitative estimate of drug-likeness (QED) is 0.240. The first-order valence-electron chi connectivity index (χ1n) is 3.06. The summed E-state index contributed by atoms with van der Waals surface area (Å²) in [5.41, 5.74) is 0. The topological polar surface area (TPSA) is 316 Å². The molecule has 0 atom stereocenters.